The molecule has 0 saturated carbocycles. The van der Waals surface area contributed by atoms with Crippen molar-refractivity contribution in [1.82, 2.24) is 15.2 Å². The van der Waals surface area contributed by atoms with E-state index in [0.717, 1.165) is 17.3 Å². The number of halogens is 2. The van der Waals surface area contributed by atoms with E-state index in [0.29, 0.717) is 38.8 Å². The van der Waals surface area contributed by atoms with Crippen LogP contribution in [0.25, 0.3) is 6.08 Å². The minimum Gasteiger partial charge on any atom is -0.488 e. The highest BCUT2D eigenvalue weighted by Crippen LogP contribution is 2.30. The molecule has 0 spiro atoms. The van der Waals surface area contributed by atoms with Gasteiger partial charge in [0.15, 0.2) is 0 Å². The maximum Gasteiger partial charge on any atom is 0.342 e. The zero-order valence-electron chi connectivity index (χ0n) is 15.4. The lowest BCUT2D eigenvalue weighted by atomic mass is 10.2. The highest BCUT2D eigenvalue weighted by molar-refractivity contribution is 8.04. The van der Waals surface area contributed by atoms with E-state index >= 15 is 0 Å². The van der Waals surface area contributed by atoms with Crippen molar-refractivity contribution in [2.45, 2.75) is 25.1 Å². The summed E-state index contributed by atoms with van der Waals surface area (Å²) >= 11 is 13.1. The minimum absolute atomic E-state index is 0.0761. The van der Waals surface area contributed by atoms with Gasteiger partial charge in [0.1, 0.15) is 23.1 Å². The van der Waals surface area contributed by atoms with E-state index in [-0.39, 0.29) is 11.5 Å². The molecule has 1 aromatic heterocycles. The van der Waals surface area contributed by atoms with Gasteiger partial charge in [-0.25, -0.2) is 9.78 Å². The molecule has 150 valence electrons. The smallest absolute Gasteiger partial charge is 0.342 e. The fourth-order valence-corrected chi connectivity index (χ4v) is 3.56. The third-order valence-electron chi connectivity index (χ3n) is 3.86. The van der Waals surface area contributed by atoms with Crippen molar-refractivity contribution in [2.24, 2.45) is 0 Å². The van der Waals surface area contributed by atoms with Crippen LogP contribution in [0.1, 0.15) is 23.9 Å². The number of para-hydroxylation sites is 1. The summed E-state index contributed by atoms with van der Waals surface area (Å²) in [7, 11) is 0. The highest BCUT2D eigenvalue weighted by Gasteiger charge is 2.15. The fraction of sp³-hybridized carbons (Fsp3) is 0.150. The van der Waals surface area contributed by atoms with Crippen LogP contribution < -0.4 is 4.74 Å². The molecule has 2 aromatic carbocycles. The van der Waals surface area contributed by atoms with Crippen LogP contribution in [0.2, 0.25) is 10.0 Å². The molecule has 0 amide bonds. The molecule has 6 nitrogen and oxygen atoms in total. The van der Waals surface area contributed by atoms with Crippen LogP contribution in [0, 0.1) is 0 Å². The van der Waals surface area contributed by atoms with E-state index in [4.69, 9.17) is 27.9 Å². The van der Waals surface area contributed by atoms with Gasteiger partial charge in [-0.3, -0.25) is 5.10 Å². The molecular weight excluding hydrogens is 433 g/mol. The van der Waals surface area contributed by atoms with Crippen molar-refractivity contribution in [3.05, 3.63) is 74.4 Å². The fourth-order valence-electron chi connectivity index (χ4n) is 2.38. The van der Waals surface area contributed by atoms with Crippen LogP contribution in [0.3, 0.4) is 0 Å². The van der Waals surface area contributed by atoms with E-state index in [2.05, 4.69) is 15.2 Å². The number of carboxylic acid groups (broad SMARTS) is 1. The van der Waals surface area contributed by atoms with E-state index < -0.39 is 5.97 Å². The number of rotatable bonds is 8. The predicted octanol–water partition coefficient (Wildman–Crippen LogP) is 5.47. The van der Waals surface area contributed by atoms with Gasteiger partial charge in [-0.1, -0.05) is 54.4 Å². The molecule has 0 aliphatic carbocycles. The SMILES string of the molecule is CCc1nc(S/C(=C\c2ccccc2OCc2ccc(Cl)cc2Cl)C(=O)O)n[nH]1. The van der Waals surface area contributed by atoms with Crippen LogP contribution in [0.4, 0.5) is 0 Å². The van der Waals surface area contributed by atoms with Crippen molar-refractivity contribution in [2.75, 3.05) is 0 Å². The Labute approximate surface area is 181 Å². The molecule has 0 bridgehead atoms. The number of aromatic nitrogens is 3. The van der Waals surface area contributed by atoms with Crippen molar-refractivity contribution in [1.29, 1.82) is 0 Å². The molecule has 0 unspecified atom stereocenters. The Hall–Kier alpha value is -2.48. The number of nitrogens with zero attached hydrogens (tertiary/aromatic N) is 2. The van der Waals surface area contributed by atoms with Gasteiger partial charge in [0.25, 0.3) is 0 Å². The Bertz CT molecular complexity index is 1050. The quantitative estimate of drug-likeness (QED) is 0.350. The van der Waals surface area contributed by atoms with Crippen molar-refractivity contribution in [3.8, 4) is 5.75 Å². The van der Waals surface area contributed by atoms with Crippen molar-refractivity contribution in [3.63, 3.8) is 0 Å². The molecule has 3 aromatic rings. The van der Waals surface area contributed by atoms with E-state index in [1.54, 1.807) is 36.4 Å². The molecule has 0 fully saturated rings. The molecule has 3 rings (SSSR count). The first-order valence-electron chi connectivity index (χ1n) is 8.66. The number of hydrogen-bond donors (Lipinski definition) is 2. The van der Waals surface area contributed by atoms with Gasteiger partial charge in [-0.15, -0.1) is 5.10 Å². The third-order valence-corrected chi connectivity index (χ3v) is 5.33. The van der Waals surface area contributed by atoms with Gasteiger partial charge in [0.2, 0.25) is 5.16 Å². The summed E-state index contributed by atoms with van der Waals surface area (Å²) in [4.78, 5) is 16.0. The standard InChI is InChI=1S/C20H17Cl2N3O3S/c1-2-18-23-20(25-24-18)29-17(19(26)27)9-12-5-3-4-6-16(12)28-11-13-7-8-14(21)10-15(13)22/h3-10H,2,11H2,1H3,(H,26,27)(H,23,24,25)/b17-9-. The molecule has 0 saturated heterocycles. The van der Waals surface area contributed by atoms with E-state index in [1.807, 2.05) is 13.0 Å². The third kappa shape index (κ3) is 5.76. The zero-order chi connectivity index (χ0) is 20.8. The molecule has 0 aliphatic rings. The number of nitrogens with one attached hydrogen (secondary N) is 1. The topological polar surface area (TPSA) is 88.1 Å². The second kappa shape index (κ2) is 9.82. The van der Waals surface area contributed by atoms with Gasteiger partial charge in [-0.05, 0) is 36.0 Å². The summed E-state index contributed by atoms with van der Waals surface area (Å²) in [6.45, 7) is 2.15. The number of aryl methyl sites for hydroxylation is 1. The molecule has 29 heavy (non-hydrogen) atoms. The Morgan fingerprint density at radius 1 is 1.28 bits per heavy atom. The second-order valence-corrected chi connectivity index (χ2v) is 7.75. The minimum atomic E-state index is -1.08. The lowest BCUT2D eigenvalue weighted by molar-refractivity contribution is -0.131. The average Bonchev–Trinajstić information content (AvgIpc) is 3.15. The van der Waals surface area contributed by atoms with Gasteiger partial charge in [0.05, 0.1) is 0 Å². The molecule has 1 heterocycles. The van der Waals surface area contributed by atoms with Crippen LogP contribution in [-0.2, 0) is 17.8 Å². The molecule has 0 aliphatic heterocycles. The molecular formula is C20H17Cl2N3O3S. The number of aliphatic carboxylic acids is 1. The van der Waals surface area contributed by atoms with Crippen LogP contribution in [0.5, 0.6) is 5.75 Å². The molecule has 9 heteroatoms. The number of hydrogen-bond acceptors (Lipinski definition) is 5. The lowest BCUT2D eigenvalue weighted by Crippen LogP contribution is -2.00. The Morgan fingerprint density at radius 2 is 2.07 bits per heavy atom. The maximum absolute atomic E-state index is 11.7. The number of ether oxygens (including phenoxy) is 1. The summed E-state index contributed by atoms with van der Waals surface area (Å²) in [5, 5.41) is 17.8. The number of aromatic amines is 1. The number of thioether (sulfide) groups is 1. The Kier molecular flexibility index (Phi) is 7.19. The van der Waals surface area contributed by atoms with E-state index in [9.17, 15) is 9.90 Å². The summed E-state index contributed by atoms with van der Waals surface area (Å²) in [5.41, 5.74) is 1.39. The van der Waals surface area contributed by atoms with Gasteiger partial charge >= 0.3 is 5.97 Å². The molecule has 0 atom stereocenters. The van der Waals surface area contributed by atoms with Gasteiger partial charge in [-0.2, -0.15) is 0 Å². The average molecular weight is 450 g/mol. The summed E-state index contributed by atoms with van der Waals surface area (Å²) in [6.07, 6.45) is 2.22. The zero-order valence-corrected chi connectivity index (χ0v) is 17.7. The van der Waals surface area contributed by atoms with E-state index in [1.165, 1.54) is 6.08 Å². The predicted molar refractivity (Wildman–Crippen MR) is 114 cm³/mol. The van der Waals surface area contributed by atoms with Gasteiger partial charge in [0, 0.05) is 27.6 Å². The van der Waals surface area contributed by atoms with Gasteiger partial charge < -0.3 is 9.84 Å². The van der Waals surface area contributed by atoms with Crippen molar-refractivity contribution >= 4 is 47.0 Å². The molecule has 2 N–H and O–H groups in total. The first-order valence-corrected chi connectivity index (χ1v) is 10.2. The largest absolute Gasteiger partial charge is 0.488 e. The molecule has 0 radical (unpaired) electrons. The Morgan fingerprint density at radius 3 is 2.76 bits per heavy atom. The normalized spacial score (nSPS) is 11.5. The first kappa shape index (κ1) is 21.2. The Balaban J connectivity index is 1.82. The second-order valence-electron chi connectivity index (χ2n) is 5.90. The van der Waals surface area contributed by atoms with Crippen LogP contribution in [0.15, 0.2) is 52.5 Å². The number of carboxylic acids is 1. The monoisotopic (exact) mass is 449 g/mol. The first-order chi connectivity index (χ1) is 14.0. The summed E-state index contributed by atoms with van der Waals surface area (Å²) in [6, 6.07) is 12.3. The van der Waals surface area contributed by atoms with Crippen molar-refractivity contribution < 1.29 is 14.6 Å². The number of benzene rings is 2. The van der Waals surface area contributed by atoms with Crippen LogP contribution in [-0.4, -0.2) is 26.3 Å². The number of H-pyrrole nitrogens is 1. The lowest BCUT2D eigenvalue weighted by Gasteiger charge is -2.11. The summed E-state index contributed by atoms with van der Waals surface area (Å²) in [5.74, 6) is 0.149. The summed E-state index contributed by atoms with van der Waals surface area (Å²) < 4.78 is 5.88. The van der Waals surface area contributed by atoms with Crippen LogP contribution >= 0.6 is 35.0 Å². The number of carbonyl (C=O) groups is 1. The maximum atomic E-state index is 11.7. The highest BCUT2D eigenvalue weighted by atomic mass is 35.5.